The summed E-state index contributed by atoms with van der Waals surface area (Å²) in [5.41, 5.74) is -0.534. The number of esters is 4. The second-order valence-electron chi connectivity index (χ2n) is 7.82. The Hall–Kier alpha value is -4.08. The number of carbonyl (C=O) groups is 4. The summed E-state index contributed by atoms with van der Waals surface area (Å²) in [5, 5.41) is 14.3. The molecule has 0 saturated carbocycles. The first-order valence-electron chi connectivity index (χ1n) is 10.6. The predicted octanol–water partition coefficient (Wildman–Crippen LogP) is -0.0542. The van der Waals surface area contributed by atoms with Crippen molar-refractivity contribution in [1.82, 2.24) is 9.97 Å². The number of hydrogen-bond donors (Lipinski definition) is 1. The minimum Gasteiger partial charge on any atom is -0.463 e. The zero-order valence-corrected chi connectivity index (χ0v) is 20.5. The van der Waals surface area contributed by atoms with Crippen LogP contribution < -0.4 is 10.2 Å². The lowest BCUT2D eigenvalue weighted by atomic mass is 9.97. The van der Waals surface area contributed by atoms with E-state index in [1.54, 1.807) is 14.1 Å². The van der Waals surface area contributed by atoms with Crippen LogP contribution in [0, 0.1) is 10.1 Å². The monoisotopic (exact) mass is 513 g/mol. The van der Waals surface area contributed by atoms with Gasteiger partial charge in [-0.25, -0.2) is 4.98 Å². The Morgan fingerprint density at radius 3 is 2.06 bits per heavy atom. The van der Waals surface area contributed by atoms with Crippen LogP contribution in [0.5, 0.6) is 0 Å². The fourth-order valence-electron chi connectivity index (χ4n) is 3.30. The smallest absolute Gasteiger partial charge is 0.329 e. The lowest BCUT2D eigenvalue weighted by molar-refractivity contribution is -0.384. The summed E-state index contributed by atoms with van der Waals surface area (Å²) < 4.78 is 26.8. The van der Waals surface area contributed by atoms with Crippen molar-refractivity contribution in [2.75, 3.05) is 30.9 Å². The molecule has 1 aromatic rings. The zero-order chi connectivity index (χ0) is 27.2. The predicted molar refractivity (Wildman–Crippen MR) is 119 cm³/mol. The van der Waals surface area contributed by atoms with E-state index in [-0.39, 0.29) is 11.8 Å². The minimum absolute atomic E-state index is 0.105. The maximum absolute atomic E-state index is 11.9. The summed E-state index contributed by atoms with van der Waals surface area (Å²) in [5.74, 6) is -3.31. The topological polar surface area (TPSA) is 199 Å². The molecule has 0 aromatic carbocycles. The third-order valence-electron chi connectivity index (χ3n) is 4.62. The molecule has 1 saturated heterocycles. The first kappa shape index (κ1) is 28.2. The van der Waals surface area contributed by atoms with E-state index in [0.717, 1.165) is 33.9 Å². The molecular formula is C20H27N5O11. The number of nitrogens with zero attached hydrogens (tertiary/aromatic N) is 4. The van der Waals surface area contributed by atoms with Crippen LogP contribution in [0.15, 0.2) is 6.20 Å². The van der Waals surface area contributed by atoms with Crippen molar-refractivity contribution in [3.05, 3.63) is 16.3 Å². The van der Waals surface area contributed by atoms with Gasteiger partial charge in [-0.2, -0.15) is 4.98 Å². The highest BCUT2D eigenvalue weighted by Crippen LogP contribution is 2.32. The number of ether oxygens (including phenoxy) is 5. The standard InChI is InChI=1S/C20H27N5O11/c1-9(26)32-8-14-15(33-10(2)27)16(34-11(3)28)17(35-12(4)29)19(36-14)22-18-13(25(30)31)7-21-20(23-18)24(5)6/h7,14-17,19H,8H2,1-6H3,(H,21,22,23)/t14-,15+,16+,17-,19-/m1/s1. The molecule has 2 heterocycles. The SMILES string of the molecule is CC(=O)OC[C@H]1O[C@@H](Nc2nc(N(C)C)ncc2[N+](=O)[O-])[C@H](OC(C)=O)[C@@H](OC(C)=O)[C@H]1OC(C)=O. The molecule has 2 rings (SSSR count). The highest BCUT2D eigenvalue weighted by atomic mass is 16.7. The van der Waals surface area contributed by atoms with E-state index in [0.29, 0.717) is 0 Å². The van der Waals surface area contributed by atoms with Crippen molar-refractivity contribution in [3.8, 4) is 0 Å². The molecule has 1 aliphatic heterocycles. The van der Waals surface area contributed by atoms with Gasteiger partial charge in [-0.3, -0.25) is 29.3 Å². The Morgan fingerprint density at radius 1 is 1.00 bits per heavy atom. The second-order valence-corrected chi connectivity index (χ2v) is 7.82. The maximum atomic E-state index is 11.9. The number of nitro groups is 1. The van der Waals surface area contributed by atoms with Crippen LogP contribution in [0.1, 0.15) is 27.7 Å². The van der Waals surface area contributed by atoms with E-state index in [1.807, 2.05) is 0 Å². The van der Waals surface area contributed by atoms with Crippen molar-refractivity contribution in [1.29, 1.82) is 0 Å². The average Bonchev–Trinajstić information content (AvgIpc) is 2.75. The van der Waals surface area contributed by atoms with Gasteiger partial charge in [0.1, 0.15) is 18.9 Å². The zero-order valence-electron chi connectivity index (χ0n) is 20.5. The number of rotatable bonds is 9. The largest absolute Gasteiger partial charge is 0.463 e. The fraction of sp³-hybridized carbons (Fsp3) is 0.600. The molecule has 36 heavy (non-hydrogen) atoms. The summed E-state index contributed by atoms with van der Waals surface area (Å²) in [6.45, 7) is 3.92. The van der Waals surface area contributed by atoms with Crippen LogP contribution in [0.2, 0.25) is 0 Å². The number of hydrogen-bond acceptors (Lipinski definition) is 15. The number of carbonyl (C=O) groups excluding carboxylic acids is 4. The van der Waals surface area contributed by atoms with E-state index in [9.17, 15) is 29.3 Å². The lowest BCUT2D eigenvalue weighted by Gasteiger charge is -2.44. The second kappa shape index (κ2) is 12.1. The molecule has 0 unspecified atom stereocenters. The minimum atomic E-state index is -1.47. The van der Waals surface area contributed by atoms with Gasteiger partial charge in [-0.1, -0.05) is 0 Å². The Balaban J connectivity index is 2.59. The molecule has 1 aliphatic rings. The highest BCUT2D eigenvalue weighted by molar-refractivity contribution is 5.69. The van der Waals surface area contributed by atoms with Crippen LogP contribution in [-0.2, 0) is 42.9 Å². The quantitative estimate of drug-likeness (QED) is 0.199. The van der Waals surface area contributed by atoms with Gasteiger partial charge < -0.3 is 33.9 Å². The molecule has 0 amide bonds. The van der Waals surface area contributed by atoms with Gasteiger partial charge in [0, 0.05) is 41.8 Å². The molecule has 1 N–H and O–H groups in total. The van der Waals surface area contributed by atoms with E-state index in [2.05, 4.69) is 15.3 Å². The average molecular weight is 513 g/mol. The number of aromatic nitrogens is 2. The molecule has 5 atom stereocenters. The molecule has 0 radical (unpaired) electrons. The first-order chi connectivity index (χ1) is 16.8. The van der Waals surface area contributed by atoms with E-state index in [1.165, 1.54) is 4.90 Å². The molecular weight excluding hydrogens is 486 g/mol. The molecule has 16 nitrogen and oxygen atoms in total. The molecule has 0 bridgehead atoms. The van der Waals surface area contributed by atoms with Crippen LogP contribution in [-0.4, -0.2) is 90.1 Å². The van der Waals surface area contributed by atoms with Crippen LogP contribution in [0.4, 0.5) is 17.5 Å². The molecule has 1 fully saturated rings. The van der Waals surface area contributed by atoms with Gasteiger partial charge in [-0.05, 0) is 0 Å². The van der Waals surface area contributed by atoms with E-state index < -0.39 is 71.7 Å². The summed E-state index contributed by atoms with van der Waals surface area (Å²) in [6.07, 6.45) is -5.99. The fourth-order valence-corrected chi connectivity index (χ4v) is 3.30. The van der Waals surface area contributed by atoms with Gasteiger partial charge in [0.15, 0.2) is 24.5 Å². The van der Waals surface area contributed by atoms with Gasteiger partial charge >= 0.3 is 29.6 Å². The van der Waals surface area contributed by atoms with Crippen molar-refractivity contribution in [2.24, 2.45) is 0 Å². The van der Waals surface area contributed by atoms with Crippen molar-refractivity contribution >= 4 is 41.3 Å². The van der Waals surface area contributed by atoms with Crippen molar-refractivity contribution in [3.63, 3.8) is 0 Å². The van der Waals surface area contributed by atoms with Crippen LogP contribution in [0.3, 0.4) is 0 Å². The van der Waals surface area contributed by atoms with Gasteiger partial charge in [0.05, 0.1) is 4.92 Å². The molecule has 198 valence electrons. The van der Waals surface area contributed by atoms with Gasteiger partial charge in [0.25, 0.3) is 0 Å². The van der Waals surface area contributed by atoms with E-state index in [4.69, 9.17) is 23.7 Å². The third-order valence-corrected chi connectivity index (χ3v) is 4.62. The maximum Gasteiger partial charge on any atom is 0.329 e. The van der Waals surface area contributed by atoms with Gasteiger partial charge in [0.2, 0.25) is 11.8 Å². The van der Waals surface area contributed by atoms with Crippen LogP contribution in [0.25, 0.3) is 0 Å². The van der Waals surface area contributed by atoms with Gasteiger partial charge in [-0.15, -0.1) is 0 Å². The highest BCUT2D eigenvalue weighted by Gasteiger charge is 2.52. The number of nitrogens with one attached hydrogen (secondary N) is 1. The Kier molecular flexibility index (Phi) is 9.43. The number of anilines is 2. The molecule has 16 heteroatoms. The molecule has 1 aromatic heterocycles. The summed E-state index contributed by atoms with van der Waals surface area (Å²) >= 11 is 0. The third kappa shape index (κ3) is 7.46. The van der Waals surface area contributed by atoms with E-state index >= 15 is 0 Å². The molecule has 0 aliphatic carbocycles. The Bertz CT molecular complexity index is 1020. The summed E-state index contributed by atoms with van der Waals surface area (Å²) in [4.78, 5) is 67.4. The van der Waals surface area contributed by atoms with Crippen molar-refractivity contribution in [2.45, 2.75) is 58.3 Å². The first-order valence-corrected chi connectivity index (χ1v) is 10.6. The lowest BCUT2D eigenvalue weighted by Crippen LogP contribution is -2.64. The Labute approximate surface area is 205 Å². The normalized spacial score (nSPS) is 23.1. The van der Waals surface area contributed by atoms with Crippen LogP contribution >= 0.6 is 0 Å². The molecule has 0 spiro atoms. The summed E-state index contributed by atoms with van der Waals surface area (Å²) in [6, 6.07) is 0. The van der Waals surface area contributed by atoms with Crippen molar-refractivity contribution < 1.29 is 47.8 Å². The Morgan fingerprint density at radius 2 is 1.56 bits per heavy atom. The summed E-state index contributed by atoms with van der Waals surface area (Å²) in [7, 11) is 3.22.